The number of guanidine groups is 1. The number of aliphatic imine (C=N–C) groups is 1. The Labute approximate surface area is 211 Å². The average molecular weight is 573 g/mol. The Morgan fingerprint density at radius 3 is 2.72 bits per heavy atom. The van der Waals surface area contributed by atoms with Crippen LogP contribution < -0.4 is 20.3 Å². The highest BCUT2D eigenvalue weighted by Crippen LogP contribution is 2.25. The van der Waals surface area contributed by atoms with E-state index < -0.39 is 0 Å². The predicted molar refractivity (Wildman–Crippen MR) is 139 cm³/mol. The third kappa shape index (κ3) is 7.40. The van der Waals surface area contributed by atoms with Gasteiger partial charge >= 0.3 is 0 Å². The second kappa shape index (κ2) is 12.7. The van der Waals surface area contributed by atoms with Gasteiger partial charge < -0.3 is 25.2 Å². The van der Waals surface area contributed by atoms with Crippen molar-refractivity contribution in [2.75, 3.05) is 45.7 Å². The molecular weight excluding hydrogens is 543 g/mol. The molecule has 174 valence electrons. The van der Waals surface area contributed by atoms with Crippen molar-refractivity contribution >= 4 is 53.3 Å². The molecule has 1 saturated heterocycles. The molecule has 8 nitrogen and oxygen atoms in total. The van der Waals surface area contributed by atoms with Gasteiger partial charge in [0.25, 0.3) is 0 Å². The molecule has 0 aliphatic carbocycles. The smallest absolute Gasteiger partial charge is 0.241 e. The number of nitrogens with zero attached hydrogens (tertiary/aromatic N) is 4. The molecule has 1 unspecified atom stereocenters. The highest BCUT2D eigenvalue weighted by Gasteiger charge is 2.25. The molecule has 0 saturated carbocycles. The van der Waals surface area contributed by atoms with Crippen molar-refractivity contribution in [3.63, 3.8) is 0 Å². The number of hydrogen-bond donors (Lipinski definition) is 2. The van der Waals surface area contributed by atoms with Gasteiger partial charge in [-0.05, 0) is 36.2 Å². The van der Waals surface area contributed by atoms with Gasteiger partial charge in [-0.1, -0.05) is 23.7 Å². The van der Waals surface area contributed by atoms with Crippen LogP contribution in [0.5, 0.6) is 5.75 Å². The Hall–Kier alpha value is -2.27. The minimum absolute atomic E-state index is 0. The number of methoxy groups -OCH3 is 1. The third-order valence-electron chi connectivity index (χ3n) is 5.05. The standard InChI is InChI=1S/C22H29ClN6O2.HI/c1-28(2)20(30)14-26-22(25-13-16-6-8-18(31-3)9-7-16)27-17-10-12-29(15-17)21-19(23)5-4-11-24-21;/h4-9,11,17H,10,12-15H2,1-3H3,(H2,25,26,27);1H. The molecular formula is C22H30ClIN6O2. The van der Waals surface area contributed by atoms with Crippen molar-refractivity contribution in [2.24, 2.45) is 4.99 Å². The van der Waals surface area contributed by atoms with Gasteiger partial charge in [-0.15, -0.1) is 24.0 Å². The summed E-state index contributed by atoms with van der Waals surface area (Å²) < 4.78 is 5.20. The van der Waals surface area contributed by atoms with Crippen LogP contribution in [0.15, 0.2) is 47.6 Å². The first kappa shape index (κ1) is 26.0. The lowest BCUT2D eigenvalue weighted by Crippen LogP contribution is -2.47. The predicted octanol–water partition coefficient (Wildman–Crippen LogP) is 2.76. The van der Waals surface area contributed by atoms with Crippen LogP contribution in [-0.2, 0) is 11.3 Å². The third-order valence-corrected chi connectivity index (χ3v) is 5.35. The van der Waals surface area contributed by atoms with Gasteiger partial charge in [-0.25, -0.2) is 9.98 Å². The van der Waals surface area contributed by atoms with E-state index in [0.29, 0.717) is 17.5 Å². The van der Waals surface area contributed by atoms with E-state index in [9.17, 15) is 4.79 Å². The average Bonchev–Trinajstić information content (AvgIpc) is 3.24. The van der Waals surface area contributed by atoms with E-state index >= 15 is 0 Å². The minimum Gasteiger partial charge on any atom is -0.497 e. The number of benzene rings is 1. The largest absolute Gasteiger partial charge is 0.497 e. The van der Waals surface area contributed by atoms with Gasteiger partial charge in [0.15, 0.2) is 5.96 Å². The summed E-state index contributed by atoms with van der Waals surface area (Å²) in [7, 11) is 5.11. The number of halogens is 2. The zero-order valence-electron chi connectivity index (χ0n) is 18.5. The number of aromatic nitrogens is 1. The van der Waals surface area contributed by atoms with E-state index in [1.54, 1.807) is 32.3 Å². The van der Waals surface area contributed by atoms with Gasteiger partial charge in [0.1, 0.15) is 11.6 Å². The molecule has 0 radical (unpaired) electrons. The summed E-state index contributed by atoms with van der Waals surface area (Å²) in [5, 5.41) is 7.25. The Balaban J connectivity index is 0.00000363. The maximum atomic E-state index is 12.0. The number of nitrogens with one attached hydrogen (secondary N) is 2. The highest BCUT2D eigenvalue weighted by molar-refractivity contribution is 14.0. The van der Waals surface area contributed by atoms with Crippen molar-refractivity contribution in [3.8, 4) is 5.75 Å². The van der Waals surface area contributed by atoms with Crippen LogP contribution in [0.25, 0.3) is 0 Å². The van der Waals surface area contributed by atoms with Crippen LogP contribution in [0, 0.1) is 0 Å². The number of carbonyl (C=O) groups is 1. The highest BCUT2D eigenvalue weighted by atomic mass is 127. The Bertz CT molecular complexity index is 910. The Kier molecular flexibility index (Phi) is 10.3. The molecule has 2 aromatic rings. The fourth-order valence-corrected chi connectivity index (χ4v) is 3.49. The van der Waals surface area contributed by atoms with E-state index in [-0.39, 0.29) is 42.5 Å². The van der Waals surface area contributed by atoms with Crippen molar-refractivity contribution in [2.45, 2.75) is 19.0 Å². The van der Waals surface area contributed by atoms with E-state index in [0.717, 1.165) is 36.6 Å². The summed E-state index contributed by atoms with van der Waals surface area (Å²) in [6.45, 7) is 2.25. The molecule has 1 aromatic carbocycles. The lowest BCUT2D eigenvalue weighted by Gasteiger charge is -2.21. The molecule has 1 atom stereocenters. The molecule has 3 rings (SSSR count). The van der Waals surface area contributed by atoms with Crippen LogP contribution in [0.1, 0.15) is 12.0 Å². The molecule has 1 aliphatic rings. The maximum Gasteiger partial charge on any atom is 0.241 e. The number of rotatable bonds is 7. The van der Waals surface area contributed by atoms with E-state index in [4.69, 9.17) is 16.3 Å². The molecule has 2 heterocycles. The second-order valence-electron chi connectivity index (χ2n) is 7.54. The zero-order valence-corrected chi connectivity index (χ0v) is 21.6. The minimum atomic E-state index is -0.0211. The molecule has 1 amide bonds. The lowest BCUT2D eigenvalue weighted by molar-refractivity contribution is -0.127. The van der Waals surface area contributed by atoms with Crippen LogP contribution in [-0.4, -0.2) is 68.6 Å². The van der Waals surface area contributed by atoms with Crippen molar-refractivity contribution < 1.29 is 9.53 Å². The number of hydrogen-bond acceptors (Lipinski definition) is 5. The summed E-state index contributed by atoms with van der Waals surface area (Å²) in [5.74, 6) is 2.18. The first-order valence-electron chi connectivity index (χ1n) is 10.2. The summed E-state index contributed by atoms with van der Waals surface area (Å²) in [4.78, 5) is 24.8. The first-order valence-corrected chi connectivity index (χ1v) is 10.6. The van der Waals surface area contributed by atoms with Gasteiger partial charge in [0.05, 0.1) is 25.2 Å². The molecule has 1 aromatic heterocycles. The number of amides is 1. The molecule has 32 heavy (non-hydrogen) atoms. The van der Waals surface area contributed by atoms with Crippen molar-refractivity contribution in [1.29, 1.82) is 0 Å². The van der Waals surface area contributed by atoms with Crippen molar-refractivity contribution in [1.82, 2.24) is 20.5 Å². The van der Waals surface area contributed by atoms with Gasteiger partial charge in [-0.3, -0.25) is 4.79 Å². The number of ether oxygens (including phenoxy) is 1. The first-order chi connectivity index (χ1) is 15.0. The summed E-state index contributed by atoms with van der Waals surface area (Å²) >= 11 is 6.30. The van der Waals surface area contributed by atoms with Gasteiger partial charge in [0, 0.05) is 39.4 Å². The van der Waals surface area contributed by atoms with E-state index in [1.807, 2.05) is 36.4 Å². The zero-order chi connectivity index (χ0) is 22.2. The Morgan fingerprint density at radius 2 is 2.06 bits per heavy atom. The van der Waals surface area contributed by atoms with Crippen LogP contribution >= 0.6 is 35.6 Å². The number of pyridine rings is 1. The van der Waals surface area contributed by atoms with E-state index in [2.05, 4.69) is 25.5 Å². The van der Waals surface area contributed by atoms with Crippen LogP contribution in [0.4, 0.5) is 5.82 Å². The second-order valence-corrected chi connectivity index (χ2v) is 7.95. The van der Waals surface area contributed by atoms with Gasteiger partial charge in [0.2, 0.25) is 5.91 Å². The number of carbonyl (C=O) groups excluding carboxylic acids is 1. The lowest BCUT2D eigenvalue weighted by atomic mass is 10.2. The Morgan fingerprint density at radius 1 is 1.31 bits per heavy atom. The number of likely N-dealkylation sites (N-methyl/N-ethyl adjacent to an activating group) is 1. The summed E-state index contributed by atoms with van der Waals surface area (Å²) in [5.41, 5.74) is 1.05. The van der Waals surface area contributed by atoms with Crippen LogP contribution in [0.3, 0.4) is 0 Å². The molecule has 10 heteroatoms. The van der Waals surface area contributed by atoms with E-state index in [1.165, 1.54) is 0 Å². The quantitative estimate of drug-likeness (QED) is 0.302. The molecule has 1 fully saturated rings. The van der Waals surface area contributed by atoms with Crippen LogP contribution in [0.2, 0.25) is 5.02 Å². The maximum absolute atomic E-state index is 12.0. The molecule has 2 N–H and O–H groups in total. The SMILES string of the molecule is COc1ccc(CN=C(NCC(=O)N(C)C)NC2CCN(c3ncccc3Cl)C2)cc1.I. The molecule has 1 aliphatic heterocycles. The monoisotopic (exact) mass is 572 g/mol. The summed E-state index contributed by atoms with van der Waals surface area (Å²) in [6, 6.07) is 11.6. The molecule has 0 bridgehead atoms. The fourth-order valence-electron chi connectivity index (χ4n) is 3.25. The summed E-state index contributed by atoms with van der Waals surface area (Å²) in [6.07, 6.45) is 2.66. The van der Waals surface area contributed by atoms with Crippen molar-refractivity contribution in [3.05, 3.63) is 53.2 Å². The fraction of sp³-hybridized carbons (Fsp3) is 0.409. The normalized spacial score (nSPS) is 15.7. The topological polar surface area (TPSA) is 82.1 Å². The number of anilines is 1. The van der Waals surface area contributed by atoms with Gasteiger partial charge in [-0.2, -0.15) is 0 Å². The molecule has 0 spiro atoms.